The van der Waals surface area contributed by atoms with Crippen LogP contribution in [0.5, 0.6) is 0 Å². The maximum Gasteiger partial charge on any atom is 0.230 e. The van der Waals surface area contributed by atoms with Crippen LogP contribution in [0.3, 0.4) is 0 Å². The van der Waals surface area contributed by atoms with Crippen LogP contribution in [0.15, 0.2) is 48.8 Å². The highest BCUT2D eigenvalue weighted by atomic mass is 16.2. The fraction of sp³-hybridized carbons (Fsp3) is 0.519. The molecule has 1 aromatic carbocycles. The molecule has 2 atom stereocenters. The molecule has 32 heavy (non-hydrogen) atoms. The Bertz CT molecular complexity index is 1010. The maximum atomic E-state index is 13.6. The molecule has 0 bridgehead atoms. The minimum Gasteiger partial charge on any atom is -0.348 e. The fourth-order valence-corrected chi connectivity index (χ4v) is 6.13. The molecule has 2 heterocycles. The smallest absolute Gasteiger partial charge is 0.230 e. The number of likely N-dealkylation sites (tertiary alicyclic amines) is 1. The van der Waals surface area contributed by atoms with Crippen LogP contribution in [0.25, 0.3) is 11.1 Å². The average Bonchev–Trinajstić information content (AvgIpc) is 3.56. The van der Waals surface area contributed by atoms with E-state index in [2.05, 4.69) is 23.2 Å². The third kappa shape index (κ3) is 3.62. The lowest BCUT2D eigenvalue weighted by Gasteiger charge is -2.44. The predicted octanol–water partition coefficient (Wildman–Crippen LogP) is 4.18. The van der Waals surface area contributed by atoms with Crippen LogP contribution in [0.1, 0.15) is 44.1 Å². The third-order valence-corrected chi connectivity index (χ3v) is 8.10. The van der Waals surface area contributed by atoms with E-state index in [0.717, 1.165) is 42.5 Å². The molecular weight excluding hydrogens is 398 g/mol. The lowest BCUT2D eigenvalue weighted by atomic mass is 9.72. The van der Waals surface area contributed by atoms with Crippen molar-refractivity contribution in [3.8, 4) is 11.1 Å². The van der Waals surface area contributed by atoms with Crippen LogP contribution in [0.4, 0.5) is 0 Å². The van der Waals surface area contributed by atoms with Crippen LogP contribution in [0.2, 0.25) is 0 Å². The van der Waals surface area contributed by atoms with Crippen molar-refractivity contribution in [1.82, 2.24) is 14.8 Å². The summed E-state index contributed by atoms with van der Waals surface area (Å²) in [4.78, 5) is 35.0. The lowest BCUT2D eigenvalue weighted by Crippen LogP contribution is -2.54. The van der Waals surface area contributed by atoms with Crippen molar-refractivity contribution >= 4 is 11.8 Å². The molecule has 5 nitrogen and oxygen atoms in total. The first-order valence-electron chi connectivity index (χ1n) is 11.9. The standard InChI is InChI=1S/C27H33N3O2/c1-29(2)25(32)27(16-20-8-3-4-10-22(20)21-9-5-14-28-18-21)13-7-15-30(19-27)24(31)23-17-26(23)11-6-12-26/h3-5,8-10,14,18,23H,6-7,11-13,15-17,19H2,1-2H3/t23-,27-/m1/s1. The van der Waals surface area contributed by atoms with Crippen molar-refractivity contribution in [3.05, 3.63) is 54.4 Å². The molecular formula is C27H33N3O2. The van der Waals surface area contributed by atoms with Gasteiger partial charge in [0.2, 0.25) is 11.8 Å². The molecule has 1 aromatic heterocycles. The number of pyridine rings is 1. The normalized spacial score (nSPS) is 25.8. The second kappa shape index (κ2) is 8.02. The van der Waals surface area contributed by atoms with Gasteiger partial charge in [-0.1, -0.05) is 36.8 Å². The Hall–Kier alpha value is -2.69. The summed E-state index contributed by atoms with van der Waals surface area (Å²) >= 11 is 0. The van der Waals surface area contributed by atoms with E-state index in [9.17, 15) is 9.59 Å². The first kappa shape index (κ1) is 21.2. The molecule has 2 aliphatic carbocycles. The van der Waals surface area contributed by atoms with Crippen LogP contribution < -0.4 is 0 Å². The van der Waals surface area contributed by atoms with E-state index < -0.39 is 5.41 Å². The summed E-state index contributed by atoms with van der Waals surface area (Å²) in [6.45, 7) is 1.30. The van der Waals surface area contributed by atoms with Crippen molar-refractivity contribution in [2.24, 2.45) is 16.7 Å². The Balaban J connectivity index is 1.44. The Morgan fingerprint density at radius 1 is 1.09 bits per heavy atom. The SMILES string of the molecule is CN(C)C(=O)[C@@]1(Cc2ccccc2-c2cccnc2)CCCN(C(=O)[C@H]2CC23CCC3)C1. The minimum atomic E-state index is -0.586. The van der Waals surface area contributed by atoms with Crippen molar-refractivity contribution in [3.63, 3.8) is 0 Å². The van der Waals surface area contributed by atoms with Gasteiger partial charge in [-0.15, -0.1) is 0 Å². The number of benzene rings is 1. The Kier molecular flexibility index (Phi) is 5.31. The largest absolute Gasteiger partial charge is 0.348 e. The molecule has 3 aliphatic rings. The molecule has 2 amide bonds. The molecule has 2 saturated carbocycles. The Morgan fingerprint density at radius 3 is 2.56 bits per heavy atom. The molecule has 1 spiro atoms. The summed E-state index contributed by atoms with van der Waals surface area (Å²) in [5.41, 5.74) is 3.05. The van der Waals surface area contributed by atoms with Gasteiger partial charge in [0.1, 0.15) is 0 Å². The number of carbonyl (C=O) groups is 2. The van der Waals surface area contributed by atoms with Gasteiger partial charge in [-0.05, 0) is 61.1 Å². The number of carbonyl (C=O) groups excluding carboxylic acids is 2. The maximum absolute atomic E-state index is 13.6. The molecule has 3 fully saturated rings. The van der Waals surface area contributed by atoms with Gasteiger partial charge in [0.05, 0.1) is 5.41 Å². The quantitative estimate of drug-likeness (QED) is 0.714. The highest BCUT2D eigenvalue weighted by Crippen LogP contribution is 2.66. The fourth-order valence-electron chi connectivity index (χ4n) is 6.13. The lowest BCUT2D eigenvalue weighted by molar-refractivity contribution is -0.148. The molecule has 0 unspecified atom stereocenters. The van der Waals surface area contributed by atoms with E-state index >= 15 is 0 Å². The van der Waals surface area contributed by atoms with Crippen LogP contribution in [-0.2, 0) is 16.0 Å². The highest BCUT2D eigenvalue weighted by Gasteiger charge is 2.62. The number of nitrogens with zero attached hydrogens (tertiary/aromatic N) is 3. The molecule has 2 aromatic rings. The molecule has 0 N–H and O–H groups in total. The van der Waals surface area contributed by atoms with E-state index in [0.29, 0.717) is 24.3 Å². The summed E-state index contributed by atoms with van der Waals surface area (Å²) in [6, 6.07) is 12.3. The van der Waals surface area contributed by atoms with E-state index in [-0.39, 0.29) is 11.8 Å². The van der Waals surface area contributed by atoms with E-state index in [1.807, 2.05) is 43.4 Å². The van der Waals surface area contributed by atoms with E-state index in [4.69, 9.17) is 0 Å². The van der Waals surface area contributed by atoms with Crippen molar-refractivity contribution in [1.29, 1.82) is 0 Å². The van der Waals surface area contributed by atoms with Gasteiger partial charge < -0.3 is 9.80 Å². The van der Waals surface area contributed by atoms with E-state index in [1.54, 1.807) is 11.1 Å². The summed E-state index contributed by atoms with van der Waals surface area (Å²) in [7, 11) is 3.67. The topological polar surface area (TPSA) is 53.5 Å². The highest BCUT2D eigenvalue weighted by molar-refractivity contribution is 5.87. The molecule has 5 heteroatoms. The van der Waals surface area contributed by atoms with Gasteiger partial charge in [-0.25, -0.2) is 0 Å². The van der Waals surface area contributed by atoms with Gasteiger partial charge in [0, 0.05) is 51.1 Å². The number of amides is 2. The Labute approximate surface area is 190 Å². The first-order valence-corrected chi connectivity index (χ1v) is 11.9. The molecule has 168 valence electrons. The molecule has 0 radical (unpaired) electrons. The Morgan fingerprint density at radius 2 is 1.91 bits per heavy atom. The number of hydrogen-bond donors (Lipinski definition) is 0. The van der Waals surface area contributed by atoms with Gasteiger partial charge in [0.25, 0.3) is 0 Å². The zero-order valence-corrected chi connectivity index (χ0v) is 19.2. The van der Waals surface area contributed by atoms with Gasteiger partial charge in [-0.2, -0.15) is 0 Å². The summed E-state index contributed by atoms with van der Waals surface area (Å²) in [5.74, 6) is 0.621. The number of hydrogen-bond acceptors (Lipinski definition) is 3. The van der Waals surface area contributed by atoms with Crippen LogP contribution in [0, 0.1) is 16.7 Å². The average molecular weight is 432 g/mol. The molecule has 5 rings (SSSR count). The van der Waals surface area contributed by atoms with Crippen LogP contribution in [-0.4, -0.2) is 53.8 Å². The van der Waals surface area contributed by atoms with Gasteiger partial charge in [-0.3, -0.25) is 14.6 Å². The monoisotopic (exact) mass is 431 g/mol. The predicted molar refractivity (Wildman–Crippen MR) is 125 cm³/mol. The van der Waals surface area contributed by atoms with Crippen molar-refractivity contribution < 1.29 is 9.59 Å². The summed E-state index contributed by atoms with van der Waals surface area (Å²) in [6.07, 6.45) is 10.7. The van der Waals surface area contributed by atoms with E-state index in [1.165, 1.54) is 19.3 Å². The molecule has 1 saturated heterocycles. The van der Waals surface area contributed by atoms with Crippen molar-refractivity contribution in [2.75, 3.05) is 27.2 Å². The first-order chi connectivity index (χ1) is 15.4. The minimum absolute atomic E-state index is 0.130. The zero-order chi connectivity index (χ0) is 22.3. The number of aromatic nitrogens is 1. The number of piperidine rings is 1. The molecule has 1 aliphatic heterocycles. The number of rotatable bonds is 5. The third-order valence-electron chi connectivity index (χ3n) is 8.10. The van der Waals surface area contributed by atoms with Gasteiger partial charge in [0.15, 0.2) is 0 Å². The van der Waals surface area contributed by atoms with Gasteiger partial charge >= 0.3 is 0 Å². The second-order valence-electron chi connectivity index (χ2n) is 10.4. The van der Waals surface area contributed by atoms with Crippen LogP contribution >= 0.6 is 0 Å². The second-order valence-corrected chi connectivity index (χ2v) is 10.4. The zero-order valence-electron chi connectivity index (χ0n) is 19.2. The van der Waals surface area contributed by atoms with Crippen molar-refractivity contribution in [2.45, 2.75) is 44.9 Å². The summed E-state index contributed by atoms with van der Waals surface area (Å²) < 4.78 is 0. The summed E-state index contributed by atoms with van der Waals surface area (Å²) in [5, 5.41) is 0.